The van der Waals surface area contributed by atoms with Crippen molar-refractivity contribution in [3.8, 4) is 11.4 Å². The van der Waals surface area contributed by atoms with Crippen LogP contribution >= 0.6 is 0 Å². The minimum Gasteiger partial charge on any atom is -0.350 e. The average molecular weight is 573 g/mol. The summed E-state index contributed by atoms with van der Waals surface area (Å²) in [4.78, 5) is 31.7. The van der Waals surface area contributed by atoms with Crippen LogP contribution < -0.4 is 11.2 Å². The van der Waals surface area contributed by atoms with E-state index < -0.39 is 29.7 Å². The summed E-state index contributed by atoms with van der Waals surface area (Å²) in [6.45, 7) is 12.8. The summed E-state index contributed by atoms with van der Waals surface area (Å²) in [6, 6.07) is 6.20. The number of benzene rings is 1. The van der Waals surface area contributed by atoms with Crippen LogP contribution in [-0.4, -0.2) is 40.9 Å². The SMILES string of the molecule is CCCn1c(=O)c2c(nc(-c3cnn(Cc4cccc(C(C)(F)F)c4)c3)n2C(C)OC(C)OC(C)C)n(CC)c1=O. The van der Waals surface area contributed by atoms with Gasteiger partial charge in [-0.2, -0.15) is 5.10 Å². The number of hydrogen-bond acceptors (Lipinski definition) is 6. The summed E-state index contributed by atoms with van der Waals surface area (Å²) in [7, 11) is 0. The van der Waals surface area contributed by atoms with Crippen molar-refractivity contribution >= 4 is 11.2 Å². The van der Waals surface area contributed by atoms with Crippen LogP contribution in [0.25, 0.3) is 22.6 Å². The van der Waals surface area contributed by atoms with Crippen molar-refractivity contribution in [3.63, 3.8) is 0 Å². The highest BCUT2D eigenvalue weighted by Gasteiger charge is 2.27. The lowest BCUT2D eigenvalue weighted by molar-refractivity contribution is -0.190. The van der Waals surface area contributed by atoms with Gasteiger partial charge in [0.15, 0.2) is 17.5 Å². The average Bonchev–Trinajstić information content (AvgIpc) is 3.51. The minimum atomic E-state index is -2.96. The number of rotatable bonds is 12. The zero-order valence-corrected chi connectivity index (χ0v) is 24.6. The summed E-state index contributed by atoms with van der Waals surface area (Å²) in [5.74, 6) is -2.57. The van der Waals surface area contributed by atoms with Crippen LogP contribution in [0.4, 0.5) is 8.78 Å². The molecule has 0 amide bonds. The fourth-order valence-electron chi connectivity index (χ4n) is 4.97. The molecule has 10 nitrogen and oxygen atoms in total. The van der Waals surface area contributed by atoms with Crippen molar-refractivity contribution in [3.05, 3.63) is 68.6 Å². The Kier molecular flexibility index (Phi) is 8.93. The van der Waals surface area contributed by atoms with E-state index in [2.05, 4.69) is 5.10 Å². The van der Waals surface area contributed by atoms with E-state index in [1.807, 2.05) is 27.7 Å². The molecule has 3 aromatic heterocycles. The lowest BCUT2D eigenvalue weighted by Crippen LogP contribution is -2.40. The van der Waals surface area contributed by atoms with Gasteiger partial charge in [0.25, 0.3) is 11.5 Å². The molecule has 0 bridgehead atoms. The van der Waals surface area contributed by atoms with Crippen molar-refractivity contribution in [1.29, 1.82) is 0 Å². The molecule has 2 unspecified atom stereocenters. The van der Waals surface area contributed by atoms with E-state index in [0.717, 1.165) is 6.92 Å². The molecule has 3 heterocycles. The van der Waals surface area contributed by atoms with Gasteiger partial charge in [-0.05, 0) is 52.7 Å². The van der Waals surface area contributed by atoms with Gasteiger partial charge in [0, 0.05) is 31.8 Å². The maximum Gasteiger partial charge on any atom is 0.332 e. The molecule has 0 aliphatic rings. The Morgan fingerprint density at radius 1 is 1.05 bits per heavy atom. The predicted octanol–water partition coefficient (Wildman–Crippen LogP) is 5.12. The Hall–Kier alpha value is -3.64. The summed E-state index contributed by atoms with van der Waals surface area (Å²) in [6.07, 6.45) is 2.57. The third kappa shape index (κ3) is 6.33. The molecular formula is C29H38F2N6O4. The van der Waals surface area contributed by atoms with Crippen molar-refractivity contribution in [1.82, 2.24) is 28.5 Å². The van der Waals surface area contributed by atoms with Crippen LogP contribution in [0.5, 0.6) is 0 Å². The maximum atomic E-state index is 13.9. The van der Waals surface area contributed by atoms with Gasteiger partial charge in [-0.15, -0.1) is 0 Å². The second-order valence-corrected chi connectivity index (χ2v) is 10.5. The van der Waals surface area contributed by atoms with E-state index in [1.165, 1.54) is 21.3 Å². The molecule has 0 aliphatic carbocycles. The highest BCUT2D eigenvalue weighted by Crippen LogP contribution is 2.29. The van der Waals surface area contributed by atoms with Crippen LogP contribution in [0.2, 0.25) is 0 Å². The van der Waals surface area contributed by atoms with E-state index in [9.17, 15) is 18.4 Å². The van der Waals surface area contributed by atoms with Gasteiger partial charge < -0.3 is 9.47 Å². The molecular weight excluding hydrogens is 534 g/mol. The van der Waals surface area contributed by atoms with Crippen LogP contribution in [0.1, 0.15) is 72.2 Å². The first kappa shape index (κ1) is 30.3. The Morgan fingerprint density at radius 3 is 2.41 bits per heavy atom. The fourth-order valence-corrected chi connectivity index (χ4v) is 4.97. The second kappa shape index (κ2) is 12.1. The molecule has 12 heteroatoms. The molecule has 0 N–H and O–H groups in total. The first-order valence-corrected chi connectivity index (χ1v) is 13.9. The summed E-state index contributed by atoms with van der Waals surface area (Å²) >= 11 is 0. The molecule has 41 heavy (non-hydrogen) atoms. The van der Waals surface area contributed by atoms with Crippen molar-refractivity contribution < 1.29 is 18.3 Å². The zero-order valence-electron chi connectivity index (χ0n) is 24.6. The molecule has 0 saturated heterocycles. The van der Waals surface area contributed by atoms with Gasteiger partial charge in [-0.25, -0.2) is 18.6 Å². The van der Waals surface area contributed by atoms with Crippen molar-refractivity contribution in [2.75, 3.05) is 0 Å². The molecule has 2 atom stereocenters. The largest absolute Gasteiger partial charge is 0.350 e. The molecule has 0 fully saturated rings. The standard InChI is InChI=1S/C29H38F2N6O4/c1-8-13-36-27(38)24-26(35(9-2)28(36)39)33-25(37(24)19(5)41-20(6)40-18(3)4)22-15-32-34(17-22)16-21-11-10-12-23(14-21)29(7,30)31/h10-12,14-15,17-20H,8-9,13,16H2,1-7H3. The molecule has 222 valence electrons. The van der Waals surface area contributed by atoms with Gasteiger partial charge in [0.1, 0.15) is 12.1 Å². The number of halogens is 2. The topological polar surface area (TPSA) is 98.1 Å². The first-order valence-electron chi connectivity index (χ1n) is 13.9. The van der Waals surface area contributed by atoms with Gasteiger partial charge in [0.05, 0.1) is 24.4 Å². The predicted molar refractivity (Wildman–Crippen MR) is 152 cm³/mol. The van der Waals surface area contributed by atoms with Crippen LogP contribution in [0, 0.1) is 0 Å². The van der Waals surface area contributed by atoms with Gasteiger partial charge in [-0.1, -0.05) is 25.1 Å². The molecule has 4 aromatic rings. The molecule has 0 radical (unpaired) electrons. The Bertz CT molecular complexity index is 1630. The number of imidazole rings is 1. The molecule has 0 aliphatic heterocycles. The van der Waals surface area contributed by atoms with Gasteiger partial charge in [0.2, 0.25) is 0 Å². The van der Waals surface area contributed by atoms with Crippen LogP contribution in [-0.2, 0) is 35.0 Å². The number of nitrogens with zero attached hydrogens (tertiary/aromatic N) is 6. The molecule has 0 saturated carbocycles. The molecule has 4 rings (SSSR count). The summed E-state index contributed by atoms with van der Waals surface area (Å²) < 4.78 is 45.7. The number of alkyl halides is 2. The second-order valence-electron chi connectivity index (χ2n) is 10.5. The fraction of sp³-hybridized carbons (Fsp3) is 0.517. The number of hydrogen-bond donors (Lipinski definition) is 0. The van der Waals surface area contributed by atoms with E-state index in [1.54, 1.807) is 47.6 Å². The zero-order chi connectivity index (χ0) is 30.1. The third-order valence-electron chi connectivity index (χ3n) is 6.71. The van der Waals surface area contributed by atoms with E-state index in [0.29, 0.717) is 29.9 Å². The van der Waals surface area contributed by atoms with Crippen LogP contribution in [0.15, 0.2) is 46.2 Å². The maximum absolute atomic E-state index is 13.9. The van der Waals surface area contributed by atoms with Crippen molar-refractivity contribution in [2.45, 2.75) is 99.1 Å². The monoisotopic (exact) mass is 572 g/mol. The van der Waals surface area contributed by atoms with E-state index in [4.69, 9.17) is 14.5 Å². The summed E-state index contributed by atoms with van der Waals surface area (Å²) in [5.41, 5.74) is 0.777. The molecule has 0 spiro atoms. The van der Waals surface area contributed by atoms with Gasteiger partial charge in [-0.3, -0.25) is 23.2 Å². The lowest BCUT2D eigenvalue weighted by atomic mass is 10.1. The third-order valence-corrected chi connectivity index (χ3v) is 6.71. The quantitative estimate of drug-likeness (QED) is 0.219. The lowest BCUT2D eigenvalue weighted by Gasteiger charge is -2.23. The highest BCUT2D eigenvalue weighted by atomic mass is 19.3. The summed E-state index contributed by atoms with van der Waals surface area (Å²) in [5, 5.41) is 4.44. The van der Waals surface area contributed by atoms with Crippen molar-refractivity contribution in [2.24, 2.45) is 0 Å². The van der Waals surface area contributed by atoms with E-state index >= 15 is 0 Å². The Morgan fingerprint density at radius 2 is 1.78 bits per heavy atom. The Labute approximate surface area is 237 Å². The smallest absolute Gasteiger partial charge is 0.332 e. The van der Waals surface area contributed by atoms with Crippen LogP contribution in [0.3, 0.4) is 0 Å². The number of aromatic nitrogens is 6. The van der Waals surface area contributed by atoms with Gasteiger partial charge >= 0.3 is 5.69 Å². The first-order chi connectivity index (χ1) is 19.3. The number of aryl methyl sites for hydroxylation is 1. The number of ether oxygens (including phenoxy) is 2. The van der Waals surface area contributed by atoms with E-state index in [-0.39, 0.29) is 35.9 Å². The minimum absolute atomic E-state index is 0.0752. The highest BCUT2D eigenvalue weighted by molar-refractivity contribution is 5.77. The number of fused-ring (bicyclic) bond motifs is 1. The molecule has 1 aromatic carbocycles. The normalized spacial score (nSPS) is 13.8. The Balaban J connectivity index is 1.85.